The fraction of sp³-hybridized carbons (Fsp3) is 0.0588. The Morgan fingerprint density at radius 2 is 1.92 bits per heavy atom. The first-order valence-electron chi connectivity index (χ1n) is 7.59. The normalized spacial score (nSPS) is 11.9. The number of imidazole rings is 1. The molecule has 2 aromatic heterocycles. The van der Waals surface area contributed by atoms with Crippen molar-refractivity contribution in [2.75, 3.05) is 11.0 Å². The first-order chi connectivity index (χ1) is 12.3. The van der Waals surface area contributed by atoms with E-state index in [9.17, 15) is 13.2 Å². The topological polar surface area (TPSA) is 85.5 Å². The molecule has 0 saturated heterocycles. The van der Waals surface area contributed by atoms with Gasteiger partial charge in [-0.25, -0.2) is 13.4 Å². The summed E-state index contributed by atoms with van der Waals surface area (Å²) in [5.41, 5.74) is 2.13. The number of anilines is 1. The lowest BCUT2D eigenvalue weighted by Gasteiger charge is -2.13. The number of halogens is 1. The van der Waals surface area contributed by atoms with Gasteiger partial charge in [-0.2, -0.15) is 0 Å². The second kappa shape index (κ2) is 5.86. The molecule has 1 N–H and O–H groups in total. The largest absolute Gasteiger partial charge is 0.299 e. The highest BCUT2D eigenvalue weighted by atomic mass is 35.5. The maximum Gasteiger partial charge on any atom is 0.299 e. The molecule has 2 aromatic carbocycles. The van der Waals surface area contributed by atoms with Gasteiger partial charge in [-0.3, -0.25) is 18.5 Å². The zero-order valence-corrected chi connectivity index (χ0v) is 15.1. The Hall–Kier alpha value is -2.84. The number of fused-ring (bicyclic) bond motifs is 3. The van der Waals surface area contributed by atoms with Gasteiger partial charge in [0.15, 0.2) is 0 Å². The summed E-state index contributed by atoms with van der Waals surface area (Å²) in [5.74, 6) is 0. The summed E-state index contributed by atoms with van der Waals surface area (Å²) in [6.07, 6.45) is 4.33. The number of benzene rings is 2. The third-order valence-electron chi connectivity index (χ3n) is 3.88. The van der Waals surface area contributed by atoms with Gasteiger partial charge >= 0.3 is 0 Å². The van der Waals surface area contributed by atoms with Crippen LogP contribution in [0.4, 0.5) is 5.69 Å². The molecule has 0 fully saturated rings. The highest BCUT2D eigenvalue weighted by Crippen LogP contribution is 2.23. The molecule has 132 valence electrons. The van der Waals surface area contributed by atoms with Crippen molar-refractivity contribution in [3.63, 3.8) is 0 Å². The number of aromatic nitrogens is 3. The van der Waals surface area contributed by atoms with Crippen LogP contribution in [-0.2, 0) is 10.0 Å². The first-order valence-corrected chi connectivity index (χ1v) is 9.86. The van der Waals surface area contributed by atoms with Crippen LogP contribution in [-0.4, -0.2) is 28.6 Å². The number of hydrogen-bond donors (Lipinski definition) is 1. The van der Waals surface area contributed by atoms with Crippen molar-refractivity contribution in [1.82, 2.24) is 14.0 Å². The second-order valence-corrected chi connectivity index (χ2v) is 8.00. The highest BCUT2D eigenvalue weighted by molar-refractivity contribution is 7.92. The molecule has 26 heavy (non-hydrogen) atoms. The van der Waals surface area contributed by atoms with E-state index in [2.05, 4.69) is 9.71 Å². The number of nitrogens with zero attached hydrogens (tertiary/aromatic N) is 3. The molecule has 0 atom stereocenters. The van der Waals surface area contributed by atoms with E-state index in [4.69, 9.17) is 11.6 Å². The van der Waals surface area contributed by atoms with Crippen LogP contribution in [0.2, 0.25) is 5.02 Å². The van der Waals surface area contributed by atoms with Crippen LogP contribution in [0.25, 0.3) is 22.4 Å². The minimum Gasteiger partial charge on any atom is -0.294 e. The summed E-state index contributed by atoms with van der Waals surface area (Å²) in [4.78, 5) is 17.2. The zero-order valence-electron chi connectivity index (χ0n) is 13.5. The van der Waals surface area contributed by atoms with Crippen molar-refractivity contribution in [2.24, 2.45) is 0 Å². The molecule has 9 heteroatoms. The molecule has 0 amide bonds. The lowest BCUT2D eigenvalue weighted by molar-refractivity contribution is 0.607. The Morgan fingerprint density at radius 3 is 2.69 bits per heavy atom. The fourth-order valence-electron chi connectivity index (χ4n) is 2.92. The lowest BCUT2D eigenvalue weighted by Crippen LogP contribution is -2.22. The van der Waals surface area contributed by atoms with Crippen molar-refractivity contribution in [3.8, 4) is 5.69 Å². The van der Waals surface area contributed by atoms with Gasteiger partial charge in [-0.15, -0.1) is 0 Å². The SMILES string of the molecule is CS(=O)(=O)Nc1cccc(-n2c(=O)c3nccn3c3ccc(Cl)cc32)c1. The van der Waals surface area contributed by atoms with E-state index in [1.54, 1.807) is 59.3 Å². The average molecular weight is 389 g/mol. The van der Waals surface area contributed by atoms with E-state index in [-0.39, 0.29) is 11.2 Å². The van der Waals surface area contributed by atoms with Gasteiger partial charge in [-0.1, -0.05) is 17.7 Å². The van der Waals surface area contributed by atoms with Crippen molar-refractivity contribution in [2.45, 2.75) is 0 Å². The molecule has 2 heterocycles. The summed E-state index contributed by atoms with van der Waals surface area (Å²) in [6.45, 7) is 0. The predicted molar refractivity (Wildman–Crippen MR) is 102 cm³/mol. The van der Waals surface area contributed by atoms with E-state index in [1.807, 2.05) is 0 Å². The lowest BCUT2D eigenvalue weighted by atomic mass is 10.2. The Bertz CT molecular complexity index is 1330. The maximum atomic E-state index is 13.0. The standard InChI is InChI=1S/C17H13ClN4O3S/c1-26(24,25)20-12-3-2-4-13(10-12)22-15-9-11(18)5-6-14(15)21-8-7-19-16(21)17(22)23/h2-10,20H,1H3. The molecule has 0 saturated carbocycles. The third kappa shape index (κ3) is 2.83. The Balaban J connectivity index is 2.07. The van der Waals surface area contributed by atoms with Gasteiger partial charge in [0.25, 0.3) is 5.56 Å². The van der Waals surface area contributed by atoms with Crippen LogP contribution in [0.15, 0.2) is 59.7 Å². The highest BCUT2D eigenvalue weighted by Gasteiger charge is 2.14. The molecule has 0 unspecified atom stereocenters. The zero-order chi connectivity index (χ0) is 18.5. The number of sulfonamides is 1. The quantitative estimate of drug-likeness (QED) is 0.584. The van der Waals surface area contributed by atoms with E-state index in [1.165, 1.54) is 4.57 Å². The molecule has 0 aliphatic rings. The summed E-state index contributed by atoms with van der Waals surface area (Å²) in [6, 6.07) is 11.8. The Labute approximate surface area is 153 Å². The van der Waals surface area contributed by atoms with Crippen molar-refractivity contribution in [1.29, 1.82) is 0 Å². The number of nitrogens with one attached hydrogen (secondary N) is 1. The van der Waals surface area contributed by atoms with Crippen molar-refractivity contribution < 1.29 is 8.42 Å². The maximum absolute atomic E-state index is 13.0. The smallest absolute Gasteiger partial charge is 0.294 e. The first kappa shape index (κ1) is 16.6. The molecule has 7 nitrogen and oxygen atoms in total. The van der Waals surface area contributed by atoms with E-state index in [0.717, 1.165) is 11.8 Å². The van der Waals surface area contributed by atoms with Crippen LogP contribution in [0.3, 0.4) is 0 Å². The molecular weight excluding hydrogens is 376 g/mol. The molecule has 0 radical (unpaired) electrons. The molecule has 0 aliphatic carbocycles. The van der Waals surface area contributed by atoms with Gasteiger partial charge in [0.2, 0.25) is 15.7 Å². The number of rotatable bonds is 3. The van der Waals surface area contributed by atoms with Gasteiger partial charge < -0.3 is 0 Å². The van der Waals surface area contributed by atoms with Crippen LogP contribution in [0.1, 0.15) is 0 Å². The van der Waals surface area contributed by atoms with E-state index >= 15 is 0 Å². The minimum absolute atomic E-state index is 0.265. The molecule has 0 spiro atoms. The molecule has 0 aliphatic heterocycles. The van der Waals surface area contributed by atoms with Gasteiger partial charge in [-0.05, 0) is 36.4 Å². The van der Waals surface area contributed by atoms with Crippen LogP contribution in [0, 0.1) is 0 Å². The Morgan fingerprint density at radius 1 is 1.12 bits per heavy atom. The summed E-state index contributed by atoms with van der Waals surface area (Å²) < 4.78 is 28.6. The Kier molecular flexibility index (Phi) is 3.74. The fourth-order valence-corrected chi connectivity index (χ4v) is 3.65. The van der Waals surface area contributed by atoms with Gasteiger partial charge in [0, 0.05) is 17.4 Å². The summed E-state index contributed by atoms with van der Waals surface area (Å²) in [5, 5.41) is 0.482. The monoisotopic (exact) mass is 388 g/mol. The third-order valence-corrected chi connectivity index (χ3v) is 4.72. The van der Waals surface area contributed by atoms with Crippen molar-refractivity contribution >= 4 is 44.0 Å². The molecule has 4 rings (SSSR count). The number of hydrogen-bond acceptors (Lipinski definition) is 4. The summed E-state index contributed by atoms with van der Waals surface area (Å²) >= 11 is 6.14. The van der Waals surface area contributed by atoms with Crippen molar-refractivity contribution in [3.05, 3.63) is 70.2 Å². The van der Waals surface area contributed by atoms with Gasteiger partial charge in [0.1, 0.15) is 0 Å². The van der Waals surface area contributed by atoms with Crippen LogP contribution < -0.4 is 10.3 Å². The van der Waals surface area contributed by atoms with Crippen LogP contribution >= 0.6 is 11.6 Å². The molecular formula is C17H13ClN4O3S. The van der Waals surface area contributed by atoms with Crippen LogP contribution in [0.5, 0.6) is 0 Å². The average Bonchev–Trinajstić information content (AvgIpc) is 3.04. The van der Waals surface area contributed by atoms with Gasteiger partial charge in [0.05, 0.1) is 28.7 Å². The second-order valence-electron chi connectivity index (χ2n) is 5.82. The van der Waals surface area contributed by atoms with E-state index in [0.29, 0.717) is 21.9 Å². The molecule has 0 bridgehead atoms. The minimum atomic E-state index is -3.44. The van der Waals surface area contributed by atoms with E-state index < -0.39 is 10.0 Å². The molecule has 4 aromatic rings. The summed E-state index contributed by atoms with van der Waals surface area (Å²) in [7, 11) is -3.44. The predicted octanol–water partition coefficient (Wildman–Crippen LogP) is 2.66.